The highest BCUT2D eigenvalue weighted by Crippen LogP contribution is 2.21. The average Bonchev–Trinajstić information content (AvgIpc) is 2.68. The zero-order valence-electron chi connectivity index (χ0n) is 8.91. The second kappa shape index (κ2) is 3.48. The molecule has 2 heterocycles. The summed E-state index contributed by atoms with van der Waals surface area (Å²) in [6.07, 6.45) is 1.65. The lowest BCUT2D eigenvalue weighted by Gasteiger charge is -2.01. The molecule has 0 radical (unpaired) electrons. The third kappa shape index (κ3) is 1.67. The fourth-order valence-electron chi connectivity index (χ4n) is 1.72. The van der Waals surface area contributed by atoms with Crippen LogP contribution in [0.2, 0.25) is 0 Å². The van der Waals surface area contributed by atoms with Gasteiger partial charge in [0, 0.05) is 5.56 Å². The molecule has 5 nitrogen and oxygen atoms in total. The molecule has 0 saturated heterocycles. The van der Waals surface area contributed by atoms with E-state index < -0.39 is 0 Å². The number of anilines is 1. The number of aromatic hydroxyl groups is 1. The number of nitrogens with two attached hydrogens (primary N) is 1. The van der Waals surface area contributed by atoms with Crippen LogP contribution in [0.5, 0.6) is 5.75 Å². The van der Waals surface area contributed by atoms with Crippen LogP contribution in [0.1, 0.15) is 0 Å². The summed E-state index contributed by atoms with van der Waals surface area (Å²) in [5, 5.41) is 13.8. The fraction of sp³-hybridized carbons (Fsp3) is 0. The van der Waals surface area contributed by atoms with Crippen molar-refractivity contribution in [3.05, 3.63) is 42.6 Å². The minimum absolute atomic E-state index is 0.217. The van der Waals surface area contributed by atoms with Crippen LogP contribution in [0.4, 0.5) is 5.82 Å². The molecule has 2 aromatic heterocycles. The number of phenolic OH excluding ortho intramolecular Hbond substituents is 1. The molecule has 0 saturated carbocycles. The number of imidazole rings is 1. The molecule has 1 aromatic carbocycles. The zero-order valence-corrected chi connectivity index (χ0v) is 8.91. The van der Waals surface area contributed by atoms with E-state index in [1.807, 2.05) is 18.2 Å². The number of nitrogen functional groups attached to an aromatic ring is 1. The van der Waals surface area contributed by atoms with Crippen LogP contribution >= 0.6 is 0 Å². The Balaban J connectivity index is 2.17. The van der Waals surface area contributed by atoms with Gasteiger partial charge in [-0.05, 0) is 24.3 Å². The number of nitrogens with zero attached hydrogens (tertiary/aromatic N) is 3. The molecule has 84 valence electrons. The van der Waals surface area contributed by atoms with Gasteiger partial charge in [-0.25, -0.2) is 9.50 Å². The van der Waals surface area contributed by atoms with Gasteiger partial charge in [-0.1, -0.05) is 12.1 Å². The number of hydrogen-bond donors (Lipinski definition) is 2. The fourth-order valence-corrected chi connectivity index (χ4v) is 1.72. The van der Waals surface area contributed by atoms with Gasteiger partial charge < -0.3 is 10.8 Å². The standard InChI is InChI=1S/C12H10N4O/c13-11-7-16-12(14-11)5-4-10(15-16)8-2-1-3-9(17)6-8/h1-7,17H,13H2. The van der Waals surface area contributed by atoms with E-state index in [-0.39, 0.29) is 5.75 Å². The molecule has 3 N–H and O–H groups in total. The third-order valence-electron chi connectivity index (χ3n) is 2.48. The molecule has 17 heavy (non-hydrogen) atoms. The van der Waals surface area contributed by atoms with Crippen molar-refractivity contribution in [3.8, 4) is 17.0 Å². The van der Waals surface area contributed by atoms with Crippen LogP contribution in [0, 0.1) is 0 Å². The monoisotopic (exact) mass is 226 g/mol. The van der Waals surface area contributed by atoms with E-state index in [9.17, 15) is 5.11 Å². The average molecular weight is 226 g/mol. The van der Waals surface area contributed by atoms with Crippen molar-refractivity contribution in [2.45, 2.75) is 0 Å². The Labute approximate surface area is 97.1 Å². The van der Waals surface area contributed by atoms with Gasteiger partial charge >= 0.3 is 0 Å². The van der Waals surface area contributed by atoms with Gasteiger partial charge in [-0.3, -0.25) is 0 Å². The van der Waals surface area contributed by atoms with Gasteiger partial charge in [0.05, 0.1) is 11.9 Å². The third-order valence-corrected chi connectivity index (χ3v) is 2.48. The van der Waals surface area contributed by atoms with Gasteiger partial charge in [-0.2, -0.15) is 5.10 Å². The lowest BCUT2D eigenvalue weighted by Crippen LogP contribution is -1.92. The quantitative estimate of drug-likeness (QED) is 0.662. The molecular weight excluding hydrogens is 216 g/mol. The van der Waals surface area contributed by atoms with E-state index in [0.717, 1.165) is 11.3 Å². The van der Waals surface area contributed by atoms with Gasteiger partial charge in [0.2, 0.25) is 0 Å². The second-order valence-electron chi connectivity index (χ2n) is 3.74. The van der Waals surface area contributed by atoms with E-state index in [4.69, 9.17) is 5.73 Å². The van der Waals surface area contributed by atoms with Crippen LogP contribution in [0.15, 0.2) is 42.6 Å². The summed E-state index contributed by atoms with van der Waals surface area (Å²) in [5.41, 5.74) is 7.89. The minimum Gasteiger partial charge on any atom is -0.508 e. The summed E-state index contributed by atoms with van der Waals surface area (Å²) in [6, 6.07) is 10.6. The summed E-state index contributed by atoms with van der Waals surface area (Å²) in [5.74, 6) is 0.653. The lowest BCUT2D eigenvalue weighted by atomic mass is 10.1. The molecule has 0 aliphatic heterocycles. The van der Waals surface area contributed by atoms with Gasteiger partial charge in [0.15, 0.2) is 5.65 Å². The number of phenols is 1. The number of hydrogen-bond acceptors (Lipinski definition) is 4. The second-order valence-corrected chi connectivity index (χ2v) is 3.74. The SMILES string of the molecule is Nc1cn2nc(-c3cccc(O)c3)ccc2n1. The van der Waals surface area contributed by atoms with Crippen LogP contribution in [0.25, 0.3) is 16.9 Å². The number of fused-ring (bicyclic) bond motifs is 1. The van der Waals surface area contributed by atoms with Crippen molar-refractivity contribution < 1.29 is 5.11 Å². The Kier molecular flexibility index (Phi) is 1.98. The van der Waals surface area contributed by atoms with Crippen LogP contribution in [-0.4, -0.2) is 19.7 Å². The molecule has 0 amide bonds. The summed E-state index contributed by atoms with van der Waals surface area (Å²) in [4.78, 5) is 4.09. The van der Waals surface area contributed by atoms with Gasteiger partial charge in [0.1, 0.15) is 11.6 Å². The highest BCUT2D eigenvalue weighted by atomic mass is 16.3. The summed E-state index contributed by atoms with van der Waals surface area (Å²) < 4.78 is 1.62. The molecule has 3 rings (SSSR count). The molecule has 0 spiro atoms. The lowest BCUT2D eigenvalue weighted by molar-refractivity contribution is 0.475. The van der Waals surface area contributed by atoms with Crippen molar-refractivity contribution >= 4 is 11.5 Å². The van der Waals surface area contributed by atoms with Gasteiger partial charge in [0.25, 0.3) is 0 Å². The molecule has 0 aliphatic rings. The van der Waals surface area contributed by atoms with E-state index in [1.54, 1.807) is 28.9 Å². The Morgan fingerprint density at radius 2 is 2.06 bits per heavy atom. The summed E-state index contributed by atoms with van der Waals surface area (Å²) in [6.45, 7) is 0. The predicted molar refractivity (Wildman–Crippen MR) is 64.5 cm³/mol. The zero-order chi connectivity index (χ0) is 11.8. The van der Waals surface area contributed by atoms with Crippen molar-refractivity contribution in [3.63, 3.8) is 0 Å². The summed E-state index contributed by atoms with van der Waals surface area (Å²) in [7, 11) is 0. The smallest absolute Gasteiger partial charge is 0.156 e. The molecule has 3 aromatic rings. The topological polar surface area (TPSA) is 76.4 Å². The van der Waals surface area contributed by atoms with Crippen LogP contribution < -0.4 is 5.73 Å². The van der Waals surface area contributed by atoms with Crippen molar-refractivity contribution in [2.75, 3.05) is 5.73 Å². The first kappa shape index (κ1) is 9.65. The van der Waals surface area contributed by atoms with Crippen molar-refractivity contribution in [1.29, 1.82) is 0 Å². The van der Waals surface area contributed by atoms with E-state index in [1.165, 1.54) is 0 Å². The largest absolute Gasteiger partial charge is 0.508 e. The first-order valence-corrected chi connectivity index (χ1v) is 5.14. The molecular formula is C12H10N4O. The molecule has 0 fully saturated rings. The number of rotatable bonds is 1. The molecule has 5 heteroatoms. The Morgan fingerprint density at radius 3 is 2.88 bits per heavy atom. The van der Waals surface area contributed by atoms with E-state index in [0.29, 0.717) is 11.5 Å². The minimum atomic E-state index is 0.217. The highest BCUT2D eigenvalue weighted by Gasteiger charge is 2.04. The maximum Gasteiger partial charge on any atom is 0.156 e. The first-order chi connectivity index (χ1) is 8.22. The van der Waals surface area contributed by atoms with E-state index >= 15 is 0 Å². The number of benzene rings is 1. The predicted octanol–water partition coefficient (Wildman–Crippen LogP) is 1.68. The molecule has 0 aliphatic carbocycles. The van der Waals surface area contributed by atoms with Crippen molar-refractivity contribution in [2.24, 2.45) is 0 Å². The Hall–Kier alpha value is -2.56. The maximum atomic E-state index is 9.42. The normalized spacial score (nSPS) is 10.8. The Bertz CT molecular complexity index is 690. The van der Waals surface area contributed by atoms with Crippen LogP contribution in [0.3, 0.4) is 0 Å². The van der Waals surface area contributed by atoms with Crippen molar-refractivity contribution in [1.82, 2.24) is 14.6 Å². The summed E-state index contributed by atoms with van der Waals surface area (Å²) >= 11 is 0. The molecule has 0 unspecified atom stereocenters. The first-order valence-electron chi connectivity index (χ1n) is 5.14. The highest BCUT2D eigenvalue weighted by molar-refractivity contribution is 5.62. The van der Waals surface area contributed by atoms with Crippen LogP contribution in [-0.2, 0) is 0 Å². The molecule has 0 atom stereocenters. The maximum absolute atomic E-state index is 9.42. The van der Waals surface area contributed by atoms with E-state index in [2.05, 4.69) is 10.1 Å². The Morgan fingerprint density at radius 1 is 1.18 bits per heavy atom. The molecule has 0 bridgehead atoms. The number of aromatic nitrogens is 3. The van der Waals surface area contributed by atoms with Gasteiger partial charge in [-0.15, -0.1) is 0 Å².